The Kier molecular flexibility index (Phi) is 6.98. The van der Waals surface area contributed by atoms with Gasteiger partial charge in [-0.1, -0.05) is 167 Å². The minimum Gasteiger partial charge on any atom is -0.228 e. The molecule has 2 heteroatoms. The van der Waals surface area contributed by atoms with Crippen LogP contribution in [0, 0.1) is 0 Å². The van der Waals surface area contributed by atoms with Crippen LogP contribution in [0.4, 0.5) is 0 Å². The Bertz CT molecular complexity index is 3080. The third-order valence-corrected chi connectivity index (χ3v) is 12.7. The van der Waals surface area contributed by atoms with Crippen molar-refractivity contribution in [1.82, 2.24) is 9.97 Å². The fourth-order valence-electron chi connectivity index (χ4n) is 9.77. The fourth-order valence-corrected chi connectivity index (χ4v) is 9.77. The smallest absolute Gasteiger partial charge is 0.161 e. The van der Waals surface area contributed by atoms with E-state index in [1.54, 1.807) is 0 Å². The molecule has 0 spiro atoms. The van der Waals surface area contributed by atoms with Crippen LogP contribution >= 0.6 is 0 Å². The summed E-state index contributed by atoms with van der Waals surface area (Å²) in [6.07, 6.45) is 0. The van der Waals surface area contributed by atoms with Crippen LogP contribution in [0.1, 0.15) is 49.9 Å². The second-order valence-electron chi connectivity index (χ2n) is 16.6. The lowest BCUT2D eigenvalue weighted by molar-refractivity contribution is 0.660. The summed E-state index contributed by atoms with van der Waals surface area (Å²) in [5.74, 6) is 0.727. The second-order valence-corrected chi connectivity index (χ2v) is 16.6. The van der Waals surface area contributed by atoms with Crippen molar-refractivity contribution in [3.05, 3.63) is 192 Å². The minimum absolute atomic E-state index is 0.101. The maximum absolute atomic E-state index is 5.45. The maximum Gasteiger partial charge on any atom is 0.161 e. The lowest BCUT2D eigenvalue weighted by Gasteiger charge is -2.22. The van der Waals surface area contributed by atoms with Gasteiger partial charge < -0.3 is 0 Å². The molecule has 0 bridgehead atoms. The molecular weight excluding hydrogens is 677 g/mol. The third-order valence-electron chi connectivity index (χ3n) is 12.7. The standard InChI is InChI=1S/C54H40N2/c1-53(2)45-23-13-12-21-42(45)51-43(22-14-24-46(51)53)50-32-49(33-15-6-5-7-16-33)55-52(56-50)41-28-27-37(38-19-10-11-20-39(38)41)36-25-26-40-44-29-34-17-8-9-18-35(34)30-48(44)54(3,4)47(40)31-36/h5-32H,1-4H3. The van der Waals surface area contributed by atoms with Gasteiger partial charge in [0.15, 0.2) is 5.82 Å². The summed E-state index contributed by atoms with van der Waals surface area (Å²) in [6, 6.07) is 62.1. The van der Waals surface area contributed by atoms with Gasteiger partial charge in [-0.3, -0.25) is 0 Å². The highest BCUT2D eigenvalue weighted by atomic mass is 14.9. The van der Waals surface area contributed by atoms with Crippen LogP contribution in [-0.2, 0) is 10.8 Å². The number of fused-ring (bicyclic) bond motifs is 8. The summed E-state index contributed by atoms with van der Waals surface area (Å²) in [7, 11) is 0. The van der Waals surface area contributed by atoms with Crippen LogP contribution in [0.3, 0.4) is 0 Å². The zero-order valence-corrected chi connectivity index (χ0v) is 32.1. The first-order valence-corrected chi connectivity index (χ1v) is 19.7. The first-order valence-electron chi connectivity index (χ1n) is 19.7. The molecule has 11 rings (SSSR count). The number of hydrogen-bond acceptors (Lipinski definition) is 2. The van der Waals surface area contributed by atoms with Crippen LogP contribution < -0.4 is 0 Å². The van der Waals surface area contributed by atoms with Crippen LogP contribution in [0.25, 0.3) is 88.8 Å². The van der Waals surface area contributed by atoms with Crippen molar-refractivity contribution in [3.63, 3.8) is 0 Å². The molecule has 0 atom stereocenters. The van der Waals surface area contributed by atoms with E-state index in [2.05, 4.69) is 198 Å². The highest BCUT2D eigenvalue weighted by Gasteiger charge is 2.38. The molecule has 0 aliphatic heterocycles. The van der Waals surface area contributed by atoms with Gasteiger partial charge in [0.1, 0.15) is 0 Å². The lowest BCUT2D eigenvalue weighted by Crippen LogP contribution is -2.15. The summed E-state index contributed by atoms with van der Waals surface area (Å²) < 4.78 is 0. The Morgan fingerprint density at radius 3 is 1.75 bits per heavy atom. The van der Waals surface area contributed by atoms with Gasteiger partial charge in [-0.2, -0.15) is 0 Å². The van der Waals surface area contributed by atoms with Gasteiger partial charge in [-0.05, 0) is 108 Å². The van der Waals surface area contributed by atoms with Crippen molar-refractivity contribution in [2.24, 2.45) is 0 Å². The van der Waals surface area contributed by atoms with Crippen molar-refractivity contribution in [3.8, 4) is 67.3 Å². The molecule has 1 heterocycles. The molecule has 9 aromatic rings. The van der Waals surface area contributed by atoms with Crippen LogP contribution in [0.15, 0.2) is 170 Å². The molecule has 0 saturated heterocycles. The van der Waals surface area contributed by atoms with Crippen molar-refractivity contribution in [1.29, 1.82) is 0 Å². The predicted molar refractivity (Wildman–Crippen MR) is 234 cm³/mol. The molecule has 0 saturated carbocycles. The molecule has 266 valence electrons. The summed E-state index contributed by atoms with van der Waals surface area (Å²) in [6.45, 7) is 9.40. The molecule has 0 N–H and O–H groups in total. The van der Waals surface area contributed by atoms with E-state index in [9.17, 15) is 0 Å². The first-order chi connectivity index (χ1) is 27.3. The van der Waals surface area contributed by atoms with Crippen molar-refractivity contribution in [2.75, 3.05) is 0 Å². The van der Waals surface area contributed by atoms with Gasteiger partial charge in [-0.15, -0.1) is 0 Å². The van der Waals surface area contributed by atoms with E-state index in [0.717, 1.165) is 39.3 Å². The van der Waals surface area contributed by atoms with Crippen LogP contribution in [-0.4, -0.2) is 9.97 Å². The molecule has 2 nitrogen and oxygen atoms in total. The summed E-state index contributed by atoms with van der Waals surface area (Å²) in [5.41, 5.74) is 18.0. The fraction of sp³-hybridized carbons (Fsp3) is 0.111. The Hall–Kier alpha value is -6.64. The van der Waals surface area contributed by atoms with Gasteiger partial charge in [0.05, 0.1) is 11.4 Å². The molecule has 0 radical (unpaired) electrons. The molecule has 2 aliphatic rings. The highest BCUT2D eigenvalue weighted by molar-refractivity contribution is 6.05. The zero-order valence-electron chi connectivity index (χ0n) is 32.1. The quantitative estimate of drug-likeness (QED) is 0.181. The maximum atomic E-state index is 5.45. The van der Waals surface area contributed by atoms with E-state index >= 15 is 0 Å². The van der Waals surface area contributed by atoms with Crippen molar-refractivity contribution in [2.45, 2.75) is 38.5 Å². The number of hydrogen-bond donors (Lipinski definition) is 0. The number of benzene rings is 8. The monoisotopic (exact) mass is 716 g/mol. The molecule has 1 aromatic heterocycles. The number of rotatable bonds is 4. The predicted octanol–water partition coefficient (Wildman–Crippen LogP) is 14.1. The summed E-state index contributed by atoms with van der Waals surface area (Å²) in [5, 5.41) is 4.91. The largest absolute Gasteiger partial charge is 0.228 e. The third kappa shape index (κ3) is 4.75. The minimum atomic E-state index is -0.115. The van der Waals surface area contributed by atoms with E-state index in [1.165, 1.54) is 71.8 Å². The van der Waals surface area contributed by atoms with Gasteiger partial charge in [0, 0.05) is 27.5 Å². The summed E-state index contributed by atoms with van der Waals surface area (Å²) in [4.78, 5) is 10.8. The van der Waals surface area contributed by atoms with E-state index in [1.807, 2.05) is 0 Å². The second kappa shape index (κ2) is 11.9. The van der Waals surface area contributed by atoms with Gasteiger partial charge >= 0.3 is 0 Å². The Balaban J connectivity index is 1.08. The molecule has 2 aliphatic carbocycles. The molecule has 0 fully saturated rings. The van der Waals surface area contributed by atoms with E-state index < -0.39 is 0 Å². The Morgan fingerprint density at radius 2 is 0.929 bits per heavy atom. The number of nitrogens with zero attached hydrogens (tertiary/aromatic N) is 2. The van der Waals surface area contributed by atoms with Gasteiger partial charge in [-0.25, -0.2) is 9.97 Å². The molecule has 56 heavy (non-hydrogen) atoms. The lowest BCUT2D eigenvalue weighted by atomic mass is 9.81. The molecular formula is C54H40N2. The molecule has 0 amide bonds. The molecule has 0 unspecified atom stereocenters. The van der Waals surface area contributed by atoms with E-state index in [0.29, 0.717) is 0 Å². The van der Waals surface area contributed by atoms with Crippen molar-refractivity contribution < 1.29 is 0 Å². The Labute approximate surface area is 328 Å². The first kappa shape index (κ1) is 32.8. The van der Waals surface area contributed by atoms with Crippen LogP contribution in [0.5, 0.6) is 0 Å². The molecule has 8 aromatic carbocycles. The van der Waals surface area contributed by atoms with Gasteiger partial charge in [0.25, 0.3) is 0 Å². The normalized spacial score (nSPS) is 14.4. The average Bonchev–Trinajstić information content (AvgIpc) is 3.61. The summed E-state index contributed by atoms with van der Waals surface area (Å²) >= 11 is 0. The SMILES string of the molecule is CC1(C)c2cc(-c3ccc(-c4nc(-c5ccccc5)cc(-c5cccc6c5-c5ccccc5C6(C)C)n4)c4ccccc34)ccc2-c2cc3ccccc3cc21. The van der Waals surface area contributed by atoms with Crippen molar-refractivity contribution >= 4 is 21.5 Å². The van der Waals surface area contributed by atoms with E-state index in [-0.39, 0.29) is 10.8 Å². The Morgan fingerprint density at radius 1 is 0.339 bits per heavy atom. The van der Waals surface area contributed by atoms with E-state index in [4.69, 9.17) is 9.97 Å². The van der Waals surface area contributed by atoms with Crippen LogP contribution in [0.2, 0.25) is 0 Å². The average molecular weight is 717 g/mol. The topological polar surface area (TPSA) is 25.8 Å². The highest BCUT2D eigenvalue weighted by Crippen LogP contribution is 2.53. The number of aromatic nitrogens is 2. The van der Waals surface area contributed by atoms with Gasteiger partial charge in [0.2, 0.25) is 0 Å². The zero-order chi connectivity index (χ0) is 37.8.